The molecule has 0 fully saturated rings. The number of fused-ring (bicyclic) bond motifs is 1. The van der Waals surface area contributed by atoms with Crippen molar-refractivity contribution < 1.29 is 13.2 Å². The molecule has 0 bridgehead atoms. The third-order valence-electron chi connectivity index (χ3n) is 3.41. The Balaban J connectivity index is 2.11. The molecule has 0 radical (unpaired) electrons. The summed E-state index contributed by atoms with van der Waals surface area (Å²) in [5.41, 5.74) is 1.41. The quantitative estimate of drug-likeness (QED) is 0.826. The van der Waals surface area contributed by atoms with Crippen LogP contribution in [-0.2, 0) is 23.5 Å². The molecule has 0 aliphatic carbocycles. The Morgan fingerprint density at radius 1 is 1.43 bits per heavy atom. The molecule has 0 amide bonds. The van der Waals surface area contributed by atoms with Crippen molar-refractivity contribution in [2.45, 2.75) is 11.3 Å². The van der Waals surface area contributed by atoms with Crippen LogP contribution < -0.4 is 9.04 Å². The lowest BCUT2D eigenvalue weighted by Gasteiger charge is -2.19. The predicted octanol–water partition coefficient (Wildman–Crippen LogP) is 1.94. The normalized spacial score (nSPS) is 13.9. The van der Waals surface area contributed by atoms with Gasteiger partial charge in [-0.2, -0.15) is 5.10 Å². The van der Waals surface area contributed by atoms with Gasteiger partial charge in [0, 0.05) is 36.7 Å². The van der Waals surface area contributed by atoms with Gasteiger partial charge >= 0.3 is 0 Å². The predicted molar refractivity (Wildman–Crippen MR) is 82.1 cm³/mol. The second-order valence-corrected chi connectivity index (χ2v) is 7.69. The van der Waals surface area contributed by atoms with Crippen LogP contribution in [0.1, 0.15) is 5.56 Å². The summed E-state index contributed by atoms with van der Waals surface area (Å²) in [5, 5.41) is 4.00. The molecule has 112 valence electrons. The minimum atomic E-state index is -3.70. The van der Waals surface area contributed by atoms with E-state index in [1.807, 2.05) is 6.07 Å². The Kier molecular flexibility index (Phi) is 3.45. The maximum Gasteiger partial charge on any atom is 0.267 e. The second kappa shape index (κ2) is 5.03. The number of rotatable bonds is 3. The van der Waals surface area contributed by atoms with Crippen molar-refractivity contribution in [3.63, 3.8) is 0 Å². The summed E-state index contributed by atoms with van der Waals surface area (Å²) < 4.78 is 34.7. The SMILES string of the molecule is CN(c1cnn(C)c1)S(=O)(=O)c1cc(Br)cc2c1OCC2. The lowest BCUT2D eigenvalue weighted by atomic mass is 10.2. The van der Waals surface area contributed by atoms with Gasteiger partial charge < -0.3 is 4.74 Å². The molecular weight excluding hydrogens is 358 g/mol. The van der Waals surface area contributed by atoms with Gasteiger partial charge in [0.15, 0.2) is 0 Å². The van der Waals surface area contributed by atoms with E-state index < -0.39 is 10.0 Å². The van der Waals surface area contributed by atoms with Crippen molar-refractivity contribution >= 4 is 31.6 Å². The van der Waals surface area contributed by atoms with E-state index in [9.17, 15) is 8.42 Å². The first-order chi connectivity index (χ1) is 9.89. The highest BCUT2D eigenvalue weighted by molar-refractivity contribution is 9.10. The Bertz CT molecular complexity index is 801. The Morgan fingerprint density at radius 2 is 2.19 bits per heavy atom. The number of aromatic nitrogens is 2. The molecule has 0 N–H and O–H groups in total. The highest BCUT2D eigenvalue weighted by Gasteiger charge is 2.30. The van der Waals surface area contributed by atoms with Gasteiger partial charge in [0.05, 0.1) is 18.5 Å². The molecule has 1 aliphatic rings. The molecule has 0 saturated carbocycles. The first-order valence-corrected chi connectivity index (χ1v) is 8.55. The van der Waals surface area contributed by atoms with Crippen LogP contribution in [0.5, 0.6) is 5.75 Å². The van der Waals surface area contributed by atoms with Crippen molar-refractivity contribution in [3.8, 4) is 5.75 Å². The molecule has 2 aromatic rings. The number of benzene rings is 1. The van der Waals surface area contributed by atoms with Crippen LogP contribution in [0.2, 0.25) is 0 Å². The van der Waals surface area contributed by atoms with Gasteiger partial charge in [0.25, 0.3) is 10.0 Å². The van der Waals surface area contributed by atoms with Gasteiger partial charge in [-0.05, 0) is 12.1 Å². The molecule has 0 atom stereocenters. The topological polar surface area (TPSA) is 64.4 Å². The molecule has 8 heteroatoms. The fourth-order valence-corrected chi connectivity index (χ4v) is 4.31. The molecule has 1 aromatic carbocycles. The van der Waals surface area contributed by atoms with E-state index in [2.05, 4.69) is 21.0 Å². The van der Waals surface area contributed by atoms with Gasteiger partial charge in [-0.1, -0.05) is 15.9 Å². The summed E-state index contributed by atoms with van der Waals surface area (Å²) in [4.78, 5) is 0.177. The Hall–Kier alpha value is -1.54. The van der Waals surface area contributed by atoms with E-state index in [1.165, 1.54) is 17.5 Å². The summed E-state index contributed by atoms with van der Waals surface area (Å²) in [6.07, 6.45) is 3.88. The molecule has 21 heavy (non-hydrogen) atoms. The monoisotopic (exact) mass is 371 g/mol. The maximum atomic E-state index is 12.8. The van der Waals surface area contributed by atoms with Crippen LogP contribution in [0.25, 0.3) is 0 Å². The van der Waals surface area contributed by atoms with Gasteiger partial charge in [-0.25, -0.2) is 8.42 Å². The number of sulfonamides is 1. The number of halogens is 1. The summed E-state index contributed by atoms with van der Waals surface area (Å²) in [5.74, 6) is 0.453. The fraction of sp³-hybridized carbons (Fsp3) is 0.308. The van der Waals surface area contributed by atoms with E-state index in [0.717, 1.165) is 10.0 Å². The number of nitrogens with zero attached hydrogens (tertiary/aromatic N) is 3. The van der Waals surface area contributed by atoms with Crippen molar-refractivity contribution in [1.29, 1.82) is 0 Å². The number of aryl methyl sites for hydroxylation is 1. The molecular formula is C13H14BrN3O3S. The Morgan fingerprint density at radius 3 is 2.86 bits per heavy atom. The average Bonchev–Trinajstić information content (AvgIpc) is 3.05. The summed E-state index contributed by atoms with van der Waals surface area (Å²) in [6.45, 7) is 0.505. The molecule has 0 unspecified atom stereocenters. The van der Waals surface area contributed by atoms with Gasteiger partial charge in [-0.3, -0.25) is 8.99 Å². The van der Waals surface area contributed by atoms with Crippen molar-refractivity contribution in [1.82, 2.24) is 9.78 Å². The van der Waals surface area contributed by atoms with Crippen molar-refractivity contribution in [3.05, 3.63) is 34.6 Å². The molecule has 2 heterocycles. The highest BCUT2D eigenvalue weighted by Crippen LogP contribution is 2.37. The van der Waals surface area contributed by atoms with Crippen LogP contribution in [0, 0.1) is 0 Å². The first kappa shape index (κ1) is 14.4. The highest BCUT2D eigenvalue weighted by atomic mass is 79.9. The van der Waals surface area contributed by atoms with E-state index in [0.29, 0.717) is 24.5 Å². The van der Waals surface area contributed by atoms with Gasteiger partial charge in [0.2, 0.25) is 0 Å². The number of hydrogen-bond donors (Lipinski definition) is 0. The van der Waals surface area contributed by atoms with Gasteiger partial charge in [0.1, 0.15) is 10.6 Å². The van der Waals surface area contributed by atoms with Crippen molar-refractivity contribution in [2.24, 2.45) is 7.05 Å². The number of anilines is 1. The zero-order valence-corrected chi connectivity index (χ0v) is 14.0. The van der Waals surface area contributed by atoms with E-state index in [1.54, 1.807) is 24.0 Å². The maximum absolute atomic E-state index is 12.8. The number of ether oxygens (including phenoxy) is 1. The summed E-state index contributed by atoms with van der Waals surface area (Å²) in [7, 11) is -0.453. The van der Waals surface area contributed by atoms with Crippen LogP contribution in [0.4, 0.5) is 5.69 Å². The molecule has 1 aromatic heterocycles. The summed E-state index contributed by atoms with van der Waals surface area (Å²) in [6, 6.07) is 3.47. The van der Waals surface area contributed by atoms with E-state index >= 15 is 0 Å². The smallest absolute Gasteiger partial charge is 0.267 e. The van der Waals surface area contributed by atoms with Crippen LogP contribution in [0.15, 0.2) is 33.9 Å². The second-order valence-electron chi connectivity index (χ2n) is 4.84. The van der Waals surface area contributed by atoms with E-state index in [-0.39, 0.29) is 4.90 Å². The summed E-state index contributed by atoms with van der Waals surface area (Å²) >= 11 is 3.36. The molecule has 3 rings (SSSR count). The third-order valence-corrected chi connectivity index (χ3v) is 5.66. The lowest BCUT2D eigenvalue weighted by molar-refractivity contribution is 0.348. The minimum absolute atomic E-state index is 0.177. The largest absolute Gasteiger partial charge is 0.492 e. The fourth-order valence-electron chi connectivity index (χ4n) is 2.28. The first-order valence-electron chi connectivity index (χ1n) is 6.32. The van der Waals surface area contributed by atoms with Gasteiger partial charge in [-0.15, -0.1) is 0 Å². The zero-order valence-electron chi connectivity index (χ0n) is 11.6. The number of hydrogen-bond acceptors (Lipinski definition) is 4. The zero-order chi connectivity index (χ0) is 15.2. The third kappa shape index (κ3) is 2.42. The standard InChI is InChI=1S/C13H14BrN3O3S/c1-16-8-11(7-15-16)17(2)21(18,19)12-6-10(14)5-9-3-4-20-13(9)12/h5-8H,3-4H2,1-2H3. The van der Waals surface area contributed by atoms with E-state index in [4.69, 9.17) is 4.74 Å². The molecule has 0 spiro atoms. The Labute approximate surface area is 131 Å². The average molecular weight is 372 g/mol. The molecule has 0 saturated heterocycles. The molecule has 6 nitrogen and oxygen atoms in total. The lowest BCUT2D eigenvalue weighted by Crippen LogP contribution is -2.26. The van der Waals surface area contributed by atoms with Crippen LogP contribution in [0.3, 0.4) is 0 Å². The molecule has 1 aliphatic heterocycles. The van der Waals surface area contributed by atoms with Crippen LogP contribution in [-0.4, -0.2) is 31.9 Å². The van der Waals surface area contributed by atoms with Crippen molar-refractivity contribution in [2.75, 3.05) is 18.0 Å². The van der Waals surface area contributed by atoms with Crippen LogP contribution >= 0.6 is 15.9 Å². The minimum Gasteiger partial charge on any atom is -0.492 e.